The van der Waals surface area contributed by atoms with E-state index in [9.17, 15) is 0 Å². The lowest BCUT2D eigenvalue weighted by atomic mass is 10.2. The first-order chi connectivity index (χ1) is 8.64. The van der Waals surface area contributed by atoms with E-state index in [4.69, 9.17) is 8.85 Å². The summed E-state index contributed by atoms with van der Waals surface area (Å²) in [6.07, 6.45) is 1.27. The van der Waals surface area contributed by atoms with Crippen LogP contribution in [-0.4, -0.2) is 29.3 Å². The minimum absolute atomic E-state index is 0.241. The van der Waals surface area contributed by atoms with E-state index in [0.29, 0.717) is 0 Å². The number of hydrogen-bond donors (Lipinski definition) is 0. The molecule has 1 unspecified atom stereocenters. The molecule has 0 heterocycles. The molecule has 0 aromatic heterocycles. The molecule has 0 aliphatic rings. The Kier molecular flexibility index (Phi) is 6.75. The summed E-state index contributed by atoms with van der Waals surface area (Å²) in [6, 6.07) is 0. The summed E-state index contributed by atoms with van der Waals surface area (Å²) in [4.78, 5) is 0. The van der Waals surface area contributed by atoms with E-state index in [2.05, 4.69) is 74.7 Å². The molecule has 20 heavy (non-hydrogen) atoms. The molecule has 0 spiro atoms. The van der Waals surface area contributed by atoms with Crippen molar-refractivity contribution in [3.8, 4) is 0 Å². The molecular formula is C16H38O2Si2. The van der Waals surface area contributed by atoms with Gasteiger partial charge >= 0.3 is 0 Å². The molecule has 2 nitrogen and oxygen atoms in total. The van der Waals surface area contributed by atoms with Crippen molar-refractivity contribution in [1.29, 1.82) is 0 Å². The van der Waals surface area contributed by atoms with Crippen molar-refractivity contribution >= 4 is 16.6 Å². The summed E-state index contributed by atoms with van der Waals surface area (Å²) < 4.78 is 12.8. The second-order valence-electron chi connectivity index (χ2n) is 8.98. The maximum absolute atomic E-state index is 6.50. The topological polar surface area (TPSA) is 18.5 Å². The molecule has 0 radical (unpaired) electrons. The average molecular weight is 319 g/mol. The van der Waals surface area contributed by atoms with E-state index in [1.165, 1.54) is 0 Å². The molecule has 0 N–H and O–H groups in total. The van der Waals surface area contributed by atoms with Crippen molar-refractivity contribution in [2.45, 2.75) is 97.3 Å². The molecule has 0 amide bonds. The van der Waals surface area contributed by atoms with Crippen LogP contribution in [0.15, 0.2) is 0 Å². The smallest absolute Gasteiger partial charge is 0.192 e. The highest BCUT2D eigenvalue weighted by molar-refractivity contribution is 6.74. The van der Waals surface area contributed by atoms with Crippen LogP contribution in [0.5, 0.6) is 0 Å². The second kappa shape index (κ2) is 6.63. The van der Waals surface area contributed by atoms with E-state index in [0.717, 1.165) is 13.0 Å². The van der Waals surface area contributed by atoms with Crippen molar-refractivity contribution < 1.29 is 8.85 Å². The van der Waals surface area contributed by atoms with Crippen molar-refractivity contribution in [2.24, 2.45) is 0 Å². The Morgan fingerprint density at radius 2 is 1.20 bits per heavy atom. The van der Waals surface area contributed by atoms with Crippen LogP contribution in [0, 0.1) is 0 Å². The van der Waals surface area contributed by atoms with Gasteiger partial charge in [-0.15, -0.1) is 0 Å². The first-order valence-electron chi connectivity index (χ1n) is 7.96. The van der Waals surface area contributed by atoms with Gasteiger partial charge in [-0.25, -0.2) is 0 Å². The molecule has 0 aromatic carbocycles. The third-order valence-electron chi connectivity index (χ3n) is 5.16. The summed E-state index contributed by atoms with van der Waals surface area (Å²) >= 11 is 0. The molecule has 0 fully saturated rings. The van der Waals surface area contributed by atoms with Gasteiger partial charge < -0.3 is 8.85 Å². The fraction of sp³-hybridized carbons (Fsp3) is 1.00. The maximum Gasteiger partial charge on any atom is 0.192 e. The van der Waals surface area contributed by atoms with Gasteiger partial charge in [0, 0.05) is 0 Å². The lowest BCUT2D eigenvalue weighted by molar-refractivity contribution is 0.104. The molecule has 0 aromatic rings. The zero-order valence-corrected chi connectivity index (χ0v) is 17.8. The fourth-order valence-electron chi connectivity index (χ4n) is 1.35. The van der Waals surface area contributed by atoms with Gasteiger partial charge in [0.25, 0.3) is 0 Å². The minimum atomic E-state index is -1.70. The lowest BCUT2D eigenvalue weighted by Crippen LogP contribution is -2.47. The van der Waals surface area contributed by atoms with Gasteiger partial charge in [0.1, 0.15) is 0 Å². The van der Waals surface area contributed by atoms with Crippen LogP contribution in [0.1, 0.15) is 54.9 Å². The van der Waals surface area contributed by atoms with Crippen LogP contribution >= 0.6 is 0 Å². The van der Waals surface area contributed by atoms with Gasteiger partial charge in [-0.05, 0) is 42.7 Å². The predicted molar refractivity (Wildman–Crippen MR) is 95.5 cm³/mol. The summed E-state index contributed by atoms with van der Waals surface area (Å²) in [5.74, 6) is 0. The monoisotopic (exact) mass is 318 g/mol. The Balaban J connectivity index is 4.68. The Labute approximate surface area is 129 Å². The summed E-state index contributed by atoms with van der Waals surface area (Å²) in [6.45, 7) is 26.0. The van der Waals surface area contributed by atoms with Crippen LogP contribution in [0.25, 0.3) is 0 Å². The largest absolute Gasteiger partial charge is 0.414 e. The van der Waals surface area contributed by atoms with E-state index in [1.54, 1.807) is 0 Å². The Hall–Kier alpha value is 0.354. The van der Waals surface area contributed by atoms with Crippen molar-refractivity contribution in [3.05, 3.63) is 0 Å². The molecule has 0 saturated carbocycles. The van der Waals surface area contributed by atoms with E-state index >= 15 is 0 Å². The first kappa shape index (κ1) is 20.4. The fourth-order valence-corrected chi connectivity index (χ4v) is 3.80. The quantitative estimate of drug-likeness (QED) is 0.575. The Morgan fingerprint density at radius 3 is 1.50 bits per heavy atom. The van der Waals surface area contributed by atoms with Gasteiger partial charge in [0.2, 0.25) is 0 Å². The molecule has 0 aliphatic carbocycles. The van der Waals surface area contributed by atoms with Crippen molar-refractivity contribution in [1.82, 2.24) is 0 Å². The molecule has 0 rings (SSSR count). The Morgan fingerprint density at radius 1 is 0.800 bits per heavy atom. The third kappa shape index (κ3) is 5.62. The maximum atomic E-state index is 6.50. The second-order valence-corrected chi connectivity index (χ2v) is 18.5. The van der Waals surface area contributed by atoms with Crippen LogP contribution < -0.4 is 0 Å². The average Bonchev–Trinajstić information content (AvgIpc) is 2.20. The highest BCUT2D eigenvalue weighted by Gasteiger charge is 2.41. The molecule has 122 valence electrons. The summed E-state index contributed by atoms with van der Waals surface area (Å²) in [5.41, 5.74) is 0. The lowest BCUT2D eigenvalue weighted by Gasteiger charge is -2.41. The van der Waals surface area contributed by atoms with Crippen molar-refractivity contribution in [3.63, 3.8) is 0 Å². The standard InChI is InChI=1S/C16H38O2Si2/c1-12-14(18-20(10,11)16(5,6)7)13-17-19(8,9)15(2,3)4/h14H,12-13H2,1-11H3. The molecule has 0 aliphatic heterocycles. The summed E-state index contributed by atoms with van der Waals surface area (Å²) in [7, 11) is -3.37. The van der Waals surface area contributed by atoms with E-state index < -0.39 is 16.6 Å². The van der Waals surface area contributed by atoms with Gasteiger partial charge in [0.15, 0.2) is 16.6 Å². The zero-order chi connectivity index (χ0) is 16.4. The van der Waals surface area contributed by atoms with Crippen LogP contribution in [0.3, 0.4) is 0 Å². The first-order valence-corrected chi connectivity index (χ1v) is 13.8. The van der Waals surface area contributed by atoms with E-state index in [1.807, 2.05) is 0 Å². The zero-order valence-electron chi connectivity index (χ0n) is 15.8. The van der Waals surface area contributed by atoms with Crippen LogP contribution in [-0.2, 0) is 8.85 Å². The SMILES string of the molecule is CCC(CO[Si](C)(C)C(C)(C)C)O[Si](C)(C)C(C)(C)C. The van der Waals surface area contributed by atoms with E-state index in [-0.39, 0.29) is 16.2 Å². The highest BCUT2D eigenvalue weighted by atomic mass is 28.4. The molecule has 0 bridgehead atoms. The minimum Gasteiger partial charge on any atom is -0.414 e. The van der Waals surface area contributed by atoms with Crippen LogP contribution in [0.4, 0.5) is 0 Å². The van der Waals surface area contributed by atoms with Crippen molar-refractivity contribution in [2.75, 3.05) is 6.61 Å². The third-order valence-corrected chi connectivity index (χ3v) is 14.2. The molecule has 4 heteroatoms. The number of rotatable bonds is 6. The van der Waals surface area contributed by atoms with Gasteiger partial charge in [-0.2, -0.15) is 0 Å². The van der Waals surface area contributed by atoms with Gasteiger partial charge in [-0.1, -0.05) is 48.5 Å². The Bertz CT molecular complexity index is 299. The van der Waals surface area contributed by atoms with Gasteiger partial charge in [-0.3, -0.25) is 0 Å². The summed E-state index contributed by atoms with van der Waals surface area (Å²) in [5, 5.41) is 0.527. The van der Waals surface area contributed by atoms with Gasteiger partial charge in [0.05, 0.1) is 12.7 Å². The van der Waals surface area contributed by atoms with Crippen LogP contribution in [0.2, 0.25) is 36.3 Å². The number of hydrogen-bond acceptors (Lipinski definition) is 2. The predicted octanol–water partition coefficient (Wildman–Crippen LogP) is 5.81. The molecule has 1 atom stereocenters. The normalized spacial score (nSPS) is 16.4. The highest BCUT2D eigenvalue weighted by Crippen LogP contribution is 2.39. The molecular weight excluding hydrogens is 280 g/mol. The molecule has 0 saturated heterocycles.